The molecule has 0 aliphatic carbocycles. The average molecular weight is 364 g/mol. The fourth-order valence-corrected chi connectivity index (χ4v) is 2.86. The van der Waals surface area contributed by atoms with Crippen LogP contribution >= 0.6 is 0 Å². The number of aliphatic hydroxyl groups is 4. The second kappa shape index (κ2) is 12.9. The first-order valence-electron chi connectivity index (χ1n) is 9.23. The SMILES string of the molecule is NCCCNCCCCNCCCNC1(CO)O[C@H](CO)[C@@H](O)[C@@H]1O. The third kappa shape index (κ3) is 7.41. The quantitative estimate of drug-likeness (QED) is 0.143. The van der Waals surface area contributed by atoms with Gasteiger partial charge in [0.1, 0.15) is 18.3 Å². The van der Waals surface area contributed by atoms with Crippen LogP contribution in [-0.2, 0) is 4.74 Å². The molecule has 0 saturated carbocycles. The van der Waals surface area contributed by atoms with Gasteiger partial charge < -0.3 is 41.5 Å². The van der Waals surface area contributed by atoms with Gasteiger partial charge in [0.05, 0.1) is 13.2 Å². The van der Waals surface area contributed by atoms with E-state index in [-0.39, 0.29) is 0 Å². The van der Waals surface area contributed by atoms with E-state index in [4.69, 9.17) is 15.6 Å². The van der Waals surface area contributed by atoms with Crippen molar-refractivity contribution in [2.24, 2.45) is 5.73 Å². The van der Waals surface area contributed by atoms with Crippen molar-refractivity contribution >= 4 is 0 Å². The molecule has 0 aromatic carbocycles. The molecule has 0 bridgehead atoms. The highest BCUT2D eigenvalue weighted by Gasteiger charge is 2.53. The Bertz CT molecular complexity index is 340. The molecule has 9 nitrogen and oxygen atoms in total. The first-order chi connectivity index (χ1) is 12.1. The minimum absolute atomic E-state index is 0.412. The van der Waals surface area contributed by atoms with E-state index < -0.39 is 37.3 Å². The second-order valence-electron chi connectivity index (χ2n) is 6.45. The normalized spacial score (nSPS) is 29.4. The maximum absolute atomic E-state index is 10.0. The summed E-state index contributed by atoms with van der Waals surface area (Å²) in [5, 5.41) is 48.2. The lowest BCUT2D eigenvalue weighted by molar-refractivity contribution is -0.138. The lowest BCUT2D eigenvalue weighted by Crippen LogP contribution is -2.57. The lowest BCUT2D eigenvalue weighted by atomic mass is 10.0. The average Bonchev–Trinajstić information content (AvgIpc) is 2.87. The standard InChI is InChI=1S/C16H36N4O5/c17-5-3-8-18-6-1-2-7-19-9-4-10-20-16(12-22)15(24)14(23)13(11-21)25-16/h13-15,18-24H,1-12,17H2/t13-,14-,15+,16?/m1/s1. The predicted octanol–water partition coefficient (Wildman–Crippen LogP) is -2.92. The Balaban J connectivity index is 2.05. The summed E-state index contributed by atoms with van der Waals surface area (Å²) < 4.78 is 5.43. The van der Waals surface area contributed by atoms with Gasteiger partial charge in [-0.15, -0.1) is 0 Å². The first kappa shape index (κ1) is 22.7. The van der Waals surface area contributed by atoms with Crippen molar-refractivity contribution in [1.82, 2.24) is 16.0 Å². The van der Waals surface area contributed by atoms with E-state index in [1.165, 1.54) is 0 Å². The largest absolute Gasteiger partial charge is 0.394 e. The molecule has 1 unspecified atom stereocenters. The number of hydrogen-bond acceptors (Lipinski definition) is 9. The molecule has 150 valence electrons. The summed E-state index contributed by atoms with van der Waals surface area (Å²) in [6, 6.07) is 0. The van der Waals surface area contributed by atoms with Gasteiger partial charge in [-0.2, -0.15) is 0 Å². The van der Waals surface area contributed by atoms with Crippen molar-refractivity contribution in [2.45, 2.75) is 49.7 Å². The number of unbranched alkanes of at least 4 members (excludes halogenated alkanes) is 1. The van der Waals surface area contributed by atoms with Gasteiger partial charge >= 0.3 is 0 Å². The van der Waals surface area contributed by atoms with E-state index in [0.717, 1.165) is 58.4 Å². The zero-order chi connectivity index (χ0) is 18.5. The molecule has 1 aliphatic heterocycles. The van der Waals surface area contributed by atoms with Crippen LogP contribution in [0.3, 0.4) is 0 Å². The zero-order valence-corrected chi connectivity index (χ0v) is 15.0. The van der Waals surface area contributed by atoms with Gasteiger partial charge in [-0.05, 0) is 65.0 Å². The van der Waals surface area contributed by atoms with E-state index in [0.29, 0.717) is 6.54 Å². The fourth-order valence-electron chi connectivity index (χ4n) is 2.86. The molecule has 0 spiro atoms. The number of ether oxygens (including phenoxy) is 1. The molecule has 0 aromatic heterocycles. The van der Waals surface area contributed by atoms with Crippen molar-refractivity contribution in [2.75, 3.05) is 52.5 Å². The highest BCUT2D eigenvalue weighted by Crippen LogP contribution is 2.28. The summed E-state index contributed by atoms with van der Waals surface area (Å²) in [6.07, 6.45) is 0.600. The number of nitrogens with one attached hydrogen (secondary N) is 3. The van der Waals surface area contributed by atoms with Crippen LogP contribution in [0.4, 0.5) is 0 Å². The number of hydrogen-bond donors (Lipinski definition) is 8. The van der Waals surface area contributed by atoms with E-state index in [9.17, 15) is 15.3 Å². The topological polar surface area (TPSA) is 152 Å². The minimum Gasteiger partial charge on any atom is -0.394 e. The molecule has 25 heavy (non-hydrogen) atoms. The van der Waals surface area contributed by atoms with Gasteiger partial charge in [0.25, 0.3) is 0 Å². The molecular formula is C16H36N4O5. The van der Waals surface area contributed by atoms with E-state index >= 15 is 0 Å². The Morgan fingerprint density at radius 3 is 2.00 bits per heavy atom. The maximum atomic E-state index is 10.0. The maximum Gasteiger partial charge on any atom is 0.171 e. The molecule has 4 atom stereocenters. The summed E-state index contributed by atoms with van der Waals surface area (Å²) >= 11 is 0. The first-order valence-corrected chi connectivity index (χ1v) is 9.23. The van der Waals surface area contributed by atoms with Crippen molar-refractivity contribution < 1.29 is 25.2 Å². The van der Waals surface area contributed by atoms with Crippen molar-refractivity contribution in [3.63, 3.8) is 0 Å². The molecular weight excluding hydrogens is 328 g/mol. The van der Waals surface area contributed by atoms with Gasteiger partial charge in [0.2, 0.25) is 0 Å². The minimum atomic E-state index is -1.41. The van der Waals surface area contributed by atoms with E-state index in [1.807, 2.05) is 0 Å². The van der Waals surface area contributed by atoms with E-state index in [1.54, 1.807) is 0 Å². The van der Waals surface area contributed by atoms with Crippen LogP contribution in [0, 0.1) is 0 Å². The van der Waals surface area contributed by atoms with Crippen molar-refractivity contribution in [3.05, 3.63) is 0 Å². The highest BCUT2D eigenvalue weighted by atomic mass is 16.6. The van der Waals surface area contributed by atoms with Crippen molar-refractivity contribution in [3.8, 4) is 0 Å². The van der Waals surface area contributed by atoms with Gasteiger partial charge in [-0.1, -0.05) is 0 Å². The van der Waals surface area contributed by atoms with Crippen LogP contribution < -0.4 is 21.7 Å². The Kier molecular flexibility index (Phi) is 11.7. The summed E-state index contributed by atoms with van der Waals surface area (Å²) in [6.45, 7) is 4.06. The van der Waals surface area contributed by atoms with Crippen LogP contribution in [-0.4, -0.2) is 96.9 Å². The molecule has 0 aromatic rings. The molecule has 0 amide bonds. The zero-order valence-electron chi connectivity index (χ0n) is 15.0. The summed E-state index contributed by atoms with van der Waals surface area (Å²) in [5.74, 6) is 0. The van der Waals surface area contributed by atoms with Gasteiger partial charge in [-0.25, -0.2) is 0 Å². The van der Waals surface area contributed by atoms with E-state index in [2.05, 4.69) is 16.0 Å². The molecule has 9 heteroatoms. The second-order valence-corrected chi connectivity index (χ2v) is 6.45. The Hall–Kier alpha value is -0.360. The predicted molar refractivity (Wildman–Crippen MR) is 95.1 cm³/mol. The third-order valence-electron chi connectivity index (χ3n) is 4.43. The molecule has 1 fully saturated rings. The molecule has 1 rings (SSSR count). The van der Waals surface area contributed by atoms with Gasteiger partial charge in [0, 0.05) is 0 Å². The van der Waals surface area contributed by atoms with Crippen LogP contribution in [0.1, 0.15) is 25.7 Å². The number of nitrogens with two attached hydrogens (primary N) is 1. The van der Waals surface area contributed by atoms with Crippen LogP contribution in [0.25, 0.3) is 0 Å². The summed E-state index contributed by atoms with van der Waals surface area (Å²) in [7, 11) is 0. The Morgan fingerprint density at radius 1 is 0.880 bits per heavy atom. The molecule has 1 aliphatic rings. The third-order valence-corrected chi connectivity index (χ3v) is 4.43. The van der Waals surface area contributed by atoms with Crippen LogP contribution in [0.5, 0.6) is 0 Å². The summed E-state index contributed by atoms with van der Waals surface area (Å²) in [5.41, 5.74) is 4.01. The Morgan fingerprint density at radius 2 is 1.48 bits per heavy atom. The molecule has 0 radical (unpaired) electrons. The van der Waals surface area contributed by atoms with Crippen LogP contribution in [0.2, 0.25) is 0 Å². The van der Waals surface area contributed by atoms with Gasteiger partial charge in [0.15, 0.2) is 5.72 Å². The molecule has 1 heterocycles. The molecule has 9 N–H and O–H groups in total. The van der Waals surface area contributed by atoms with Gasteiger partial charge in [-0.3, -0.25) is 5.32 Å². The summed E-state index contributed by atoms with van der Waals surface area (Å²) in [4.78, 5) is 0. The number of rotatable bonds is 15. The Labute approximate surface area is 149 Å². The highest BCUT2D eigenvalue weighted by molar-refractivity contribution is 5.00. The fraction of sp³-hybridized carbons (Fsp3) is 1.00. The number of aliphatic hydroxyl groups excluding tert-OH is 4. The lowest BCUT2D eigenvalue weighted by Gasteiger charge is -2.31. The smallest absolute Gasteiger partial charge is 0.171 e. The molecule has 1 saturated heterocycles. The monoisotopic (exact) mass is 364 g/mol. The van der Waals surface area contributed by atoms with Crippen LogP contribution in [0.15, 0.2) is 0 Å². The van der Waals surface area contributed by atoms with Crippen molar-refractivity contribution in [1.29, 1.82) is 0 Å².